The van der Waals surface area contributed by atoms with Crippen LogP contribution in [0.25, 0.3) is 0 Å². The molecule has 0 saturated heterocycles. The number of H-pyrrole nitrogens is 1. The van der Waals surface area contributed by atoms with E-state index in [4.69, 9.17) is 5.11 Å². The van der Waals surface area contributed by atoms with Gasteiger partial charge >= 0.3 is 12.1 Å². The molecule has 4 nitrogen and oxygen atoms in total. The Hall–Kier alpha value is -1.79. The zero-order chi connectivity index (χ0) is 10.9. The zero-order valence-corrected chi connectivity index (χ0v) is 6.55. The van der Waals surface area contributed by atoms with Crippen molar-refractivity contribution < 1.29 is 23.1 Å². The predicted molar refractivity (Wildman–Crippen MR) is 39.0 cm³/mol. The Morgan fingerprint density at radius 3 is 2.36 bits per heavy atom. The van der Waals surface area contributed by atoms with E-state index in [-0.39, 0.29) is 0 Å². The quantitative estimate of drug-likeness (QED) is 0.724. The third-order valence-corrected chi connectivity index (χ3v) is 1.40. The molecule has 0 spiro atoms. The second-order valence-corrected chi connectivity index (χ2v) is 2.45. The van der Waals surface area contributed by atoms with E-state index >= 15 is 0 Å². The van der Waals surface area contributed by atoms with E-state index in [1.807, 2.05) is 0 Å². The lowest BCUT2D eigenvalue weighted by molar-refractivity contribution is -0.141. The Morgan fingerprint density at radius 1 is 1.36 bits per heavy atom. The monoisotopic (exact) mass is 207 g/mol. The molecule has 1 aromatic rings. The van der Waals surface area contributed by atoms with E-state index in [1.165, 1.54) is 4.98 Å². The number of carbonyl (C=O) groups is 1. The SMILES string of the molecule is O=C(O)c1cc(C(F)(F)F)[nH]c(=O)c1. The summed E-state index contributed by atoms with van der Waals surface area (Å²) in [6.07, 6.45) is -4.76. The molecule has 0 aromatic carbocycles. The summed E-state index contributed by atoms with van der Waals surface area (Å²) < 4.78 is 36.1. The Labute approximate surface area is 75.0 Å². The summed E-state index contributed by atoms with van der Waals surface area (Å²) in [5.41, 5.74) is -3.17. The third-order valence-electron chi connectivity index (χ3n) is 1.40. The van der Waals surface area contributed by atoms with Crippen LogP contribution < -0.4 is 5.56 Å². The van der Waals surface area contributed by atoms with Crippen LogP contribution in [0.4, 0.5) is 13.2 Å². The van der Waals surface area contributed by atoms with Crippen LogP contribution in [0.5, 0.6) is 0 Å². The Kier molecular flexibility index (Phi) is 2.33. The average Bonchev–Trinajstić information content (AvgIpc) is 2.01. The predicted octanol–water partition coefficient (Wildman–Crippen LogP) is 1.09. The molecule has 1 heterocycles. The number of aromatic nitrogens is 1. The molecule has 0 aliphatic heterocycles. The molecule has 0 atom stereocenters. The van der Waals surface area contributed by atoms with Gasteiger partial charge < -0.3 is 10.1 Å². The summed E-state index contributed by atoms with van der Waals surface area (Å²) in [5.74, 6) is -1.58. The number of hydrogen-bond acceptors (Lipinski definition) is 2. The van der Waals surface area contributed by atoms with Crippen LogP contribution in [-0.2, 0) is 6.18 Å². The lowest BCUT2D eigenvalue weighted by Crippen LogP contribution is -2.18. The zero-order valence-electron chi connectivity index (χ0n) is 6.55. The van der Waals surface area contributed by atoms with Crippen molar-refractivity contribution in [2.45, 2.75) is 6.18 Å². The fraction of sp³-hybridized carbons (Fsp3) is 0.143. The van der Waals surface area contributed by atoms with Crippen molar-refractivity contribution in [2.24, 2.45) is 0 Å². The highest BCUT2D eigenvalue weighted by Crippen LogP contribution is 2.26. The standard InChI is InChI=1S/C7H4F3NO3/c8-7(9,10)4-1-3(6(13)14)2-5(12)11-4/h1-2H,(H,11,12)(H,13,14). The van der Waals surface area contributed by atoms with Gasteiger partial charge in [-0.3, -0.25) is 4.79 Å². The van der Waals surface area contributed by atoms with Crippen LogP contribution in [0.15, 0.2) is 16.9 Å². The molecule has 1 aromatic heterocycles. The van der Waals surface area contributed by atoms with Crippen molar-refractivity contribution in [3.05, 3.63) is 33.7 Å². The van der Waals surface area contributed by atoms with Gasteiger partial charge in [-0.2, -0.15) is 13.2 Å². The summed E-state index contributed by atoms with van der Waals surface area (Å²) >= 11 is 0. The first kappa shape index (κ1) is 10.3. The molecule has 0 bridgehead atoms. The van der Waals surface area contributed by atoms with Gasteiger partial charge in [0.05, 0.1) is 5.56 Å². The molecule has 2 N–H and O–H groups in total. The number of pyridine rings is 1. The van der Waals surface area contributed by atoms with Crippen molar-refractivity contribution in [3.8, 4) is 0 Å². The minimum absolute atomic E-state index is 0.365. The highest BCUT2D eigenvalue weighted by atomic mass is 19.4. The van der Waals surface area contributed by atoms with Gasteiger partial charge in [0.25, 0.3) is 0 Å². The molecule has 7 heteroatoms. The maximum absolute atomic E-state index is 12.0. The van der Waals surface area contributed by atoms with Gasteiger partial charge in [-0.25, -0.2) is 4.79 Å². The molecule has 0 aliphatic carbocycles. The molecular formula is C7H4F3NO3. The number of carboxylic acids is 1. The van der Waals surface area contributed by atoms with Crippen LogP contribution in [0.2, 0.25) is 0 Å². The Bertz CT molecular complexity index is 421. The largest absolute Gasteiger partial charge is 0.478 e. The molecule has 0 saturated carbocycles. The number of rotatable bonds is 1. The molecule has 0 amide bonds. The number of aromatic amines is 1. The van der Waals surface area contributed by atoms with Gasteiger partial charge in [-0.05, 0) is 6.07 Å². The maximum Gasteiger partial charge on any atom is 0.431 e. The molecular weight excluding hydrogens is 203 g/mol. The van der Waals surface area contributed by atoms with Gasteiger partial charge in [0.15, 0.2) is 0 Å². The number of alkyl halides is 3. The molecule has 14 heavy (non-hydrogen) atoms. The maximum atomic E-state index is 12.0. The fourth-order valence-electron chi connectivity index (χ4n) is 0.819. The molecule has 0 aliphatic rings. The smallest absolute Gasteiger partial charge is 0.431 e. The van der Waals surface area contributed by atoms with Gasteiger partial charge in [-0.1, -0.05) is 0 Å². The highest BCUT2D eigenvalue weighted by molar-refractivity contribution is 5.87. The van der Waals surface area contributed by atoms with Crippen molar-refractivity contribution in [2.75, 3.05) is 0 Å². The van der Waals surface area contributed by atoms with Gasteiger partial charge in [0, 0.05) is 6.07 Å². The number of hydrogen-bond donors (Lipinski definition) is 2. The normalized spacial score (nSPS) is 11.4. The first-order valence-corrected chi connectivity index (χ1v) is 3.35. The summed E-state index contributed by atoms with van der Waals surface area (Å²) in [6, 6.07) is 0.946. The van der Waals surface area contributed by atoms with Crippen LogP contribution in [-0.4, -0.2) is 16.1 Å². The second kappa shape index (κ2) is 3.17. The fourth-order valence-corrected chi connectivity index (χ4v) is 0.819. The minimum Gasteiger partial charge on any atom is -0.478 e. The summed E-state index contributed by atoms with van der Waals surface area (Å²) in [4.78, 5) is 22.5. The van der Waals surface area contributed by atoms with E-state index in [1.54, 1.807) is 0 Å². The molecule has 0 unspecified atom stereocenters. The van der Waals surface area contributed by atoms with Crippen molar-refractivity contribution in [1.82, 2.24) is 4.98 Å². The van der Waals surface area contributed by atoms with E-state index in [9.17, 15) is 22.8 Å². The lowest BCUT2D eigenvalue weighted by atomic mass is 10.2. The van der Waals surface area contributed by atoms with Gasteiger partial charge in [0.2, 0.25) is 5.56 Å². The summed E-state index contributed by atoms with van der Waals surface area (Å²) in [6.45, 7) is 0. The van der Waals surface area contributed by atoms with Gasteiger partial charge in [0.1, 0.15) is 5.69 Å². The van der Waals surface area contributed by atoms with E-state index in [2.05, 4.69) is 0 Å². The number of nitrogens with one attached hydrogen (secondary N) is 1. The molecule has 0 radical (unpaired) electrons. The Morgan fingerprint density at radius 2 is 1.93 bits per heavy atom. The summed E-state index contributed by atoms with van der Waals surface area (Å²) in [7, 11) is 0. The highest BCUT2D eigenvalue weighted by Gasteiger charge is 2.32. The second-order valence-electron chi connectivity index (χ2n) is 2.45. The minimum atomic E-state index is -4.76. The molecule has 1 rings (SSSR count). The van der Waals surface area contributed by atoms with E-state index in [0.29, 0.717) is 12.1 Å². The lowest BCUT2D eigenvalue weighted by Gasteiger charge is -2.05. The van der Waals surface area contributed by atoms with E-state index in [0.717, 1.165) is 0 Å². The van der Waals surface area contributed by atoms with Crippen LogP contribution in [0.1, 0.15) is 16.1 Å². The van der Waals surface area contributed by atoms with Crippen molar-refractivity contribution in [3.63, 3.8) is 0 Å². The first-order valence-electron chi connectivity index (χ1n) is 3.35. The number of halogens is 3. The molecule has 76 valence electrons. The van der Waals surface area contributed by atoms with Crippen molar-refractivity contribution >= 4 is 5.97 Å². The number of aromatic carboxylic acids is 1. The van der Waals surface area contributed by atoms with Crippen LogP contribution >= 0.6 is 0 Å². The van der Waals surface area contributed by atoms with Crippen LogP contribution in [0, 0.1) is 0 Å². The number of carboxylic acid groups (broad SMARTS) is 1. The first-order chi connectivity index (χ1) is 6.30. The summed E-state index contributed by atoms with van der Waals surface area (Å²) in [5, 5.41) is 8.38. The Balaban J connectivity index is 3.35. The average molecular weight is 207 g/mol. The van der Waals surface area contributed by atoms with E-state index < -0.39 is 29.0 Å². The van der Waals surface area contributed by atoms with Crippen LogP contribution in [0.3, 0.4) is 0 Å². The van der Waals surface area contributed by atoms with Crippen molar-refractivity contribution in [1.29, 1.82) is 0 Å². The van der Waals surface area contributed by atoms with Gasteiger partial charge in [-0.15, -0.1) is 0 Å². The topological polar surface area (TPSA) is 70.2 Å². The third kappa shape index (κ3) is 2.12. The molecule has 0 fully saturated rings.